The second kappa shape index (κ2) is 4.17. The Balaban J connectivity index is 2.15. The van der Waals surface area contributed by atoms with Gasteiger partial charge < -0.3 is 20.6 Å². The van der Waals surface area contributed by atoms with E-state index in [0.29, 0.717) is 16.8 Å². The number of rotatable bonds is 4. The van der Waals surface area contributed by atoms with Crippen molar-refractivity contribution in [2.45, 2.75) is 5.92 Å². The zero-order chi connectivity index (χ0) is 12.5. The van der Waals surface area contributed by atoms with E-state index >= 15 is 0 Å². The Hall–Kier alpha value is -1.89. The van der Waals surface area contributed by atoms with E-state index in [1.54, 1.807) is 18.2 Å². The van der Waals surface area contributed by atoms with E-state index < -0.39 is 19.1 Å². The average Bonchev–Trinajstić information content (AvgIpc) is 2.68. The first kappa shape index (κ1) is 11.6. The van der Waals surface area contributed by atoms with Crippen LogP contribution in [0.25, 0.3) is 11.1 Å². The van der Waals surface area contributed by atoms with Crippen LogP contribution in [0.2, 0.25) is 0 Å². The zero-order valence-electron chi connectivity index (χ0n) is 8.78. The van der Waals surface area contributed by atoms with Gasteiger partial charge in [-0.15, -0.1) is 0 Å². The molecule has 5 nitrogen and oxygen atoms in total. The number of fused-ring (bicyclic) bond motifs is 1. The van der Waals surface area contributed by atoms with Crippen LogP contribution in [-0.4, -0.2) is 29.2 Å². The maximum atomic E-state index is 12.8. The van der Waals surface area contributed by atoms with Crippen LogP contribution in [0.5, 0.6) is 0 Å². The lowest BCUT2D eigenvalue weighted by atomic mass is 10.3. The summed E-state index contributed by atoms with van der Waals surface area (Å²) >= 11 is 0. The van der Waals surface area contributed by atoms with Gasteiger partial charge in [0.1, 0.15) is 12.1 Å². The van der Waals surface area contributed by atoms with Crippen LogP contribution in [0.4, 0.5) is 20.5 Å². The number of benzene rings is 1. The summed E-state index contributed by atoms with van der Waals surface area (Å²) in [6.45, 7) is -1.97. The number of hydrogen-bond acceptors (Lipinski definition) is 5. The van der Waals surface area contributed by atoms with Gasteiger partial charge in [-0.1, -0.05) is 0 Å². The van der Waals surface area contributed by atoms with E-state index in [1.165, 1.54) is 0 Å². The zero-order valence-corrected chi connectivity index (χ0v) is 8.78. The summed E-state index contributed by atoms with van der Waals surface area (Å²) in [6.07, 6.45) is 0. The number of oxazole rings is 1. The van der Waals surface area contributed by atoms with Gasteiger partial charge in [0.05, 0.1) is 6.54 Å². The monoisotopic (exact) mass is 243 g/mol. The van der Waals surface area contributed by atoms with Crippen molar-refractivity contribution in [1.82, 2.24) is 4.98 Å². The van der Waals surface area contributed by atoms with Crippen LogP contribution in [0.15, 0.2) is 22.6 Å². The topological polar surface area (TPSA) is 84.3 Å². The van der Waals surface area contributed by atoms with Crippen molar-refractivity contribution in [3.63, 3.8) is 0 Å². The number of halogens is 2. The molecule has 2 rings (SSSR count). The van der Waals surface area contributed by atoms with Crippen molar-refractivity contribution >= 4 is 22.8 Å². The molecule has 0 aliphatic heterocycles. The second-order valence-electron chi connectivity index (χ2n) is 3.61. The number of nitrogens with zero attached hydrogens (tertiary/aromatic N) is 1. The standard InChI is InChI=1S/C10H11F2N3O2/c11-10(12,5-16)4-14-9-15-7-2-1-6(13)3-8(7)17-9/h1-3,16H,4-5,13H2,(H,14,15). The van der Waals surface area contributed by atoms with Crippen LogP contribution in [0.3, 0.4) is 0 Å². The highest BCUT2D eigenvalue weighted by Gasteiger charge is 2.28. The molecule has 2 aromatic rings. The summed E-state index contributed by atoms with van der Waals surface area (Å²) in [5, 5.41) is 10.7. The lowest BCUT2D eigenvalue weighted by Crippen LogP contribution is -2.31. The van der Waals surface area contributed by atoms with Crippen LogP contribution in [0, 0.1) is 0 Å². The lowest BCUT2D eigenvalue weighted by molar-refractivity contribution is -0.0376. The van der Waals surface area contributed by atoms with Crippen LogP contribution < -0.4 is 11.1 Å². The molecule has 7 heteroatoms. The first-order valence-corrected chi connectivity index (χ1v) is 4.89. The SMILES string of the molecule is Nc1ccc2nc(NCC(F)(F)CO)oc2c1. The number of alkyl halides is 2. The highest BCUT2D eigenvalue weighted by Crippen LogP contribution is 2.22. The van der Waals surface area contributed by atoms with Gasteiger partial charge in [-0.25, -0.2) is 8.78 Å². The normalized spacial score (nSPS) is 11.9. The van der Waals surface area contributed by atoms with E-state index in [0.717, 1.165) is 0 Å². The third-order valence-corrected chi connectivity index (χ3v) is 2.14. The molecule has 0 aliphatic rings. The third-order valence-electron chi connectivity index (χ3n) is 2.14. The number of aliphatic hydroxyl groups is 1. The maximum absolute atomic E-state index is 12.8. The molecule has 17 heavy (non-hydrogen) atoms. The van der Waals surface area contributed by atoms with Gasteiger partial charge in [0.2, 0.25) is 0 Å². The van der Waals surface area contributed by atoms with Gasteiger partial charge in [-0.05, 0) is 12.1 Å². The van der Waals surface area contributed by atoms with Gasteiger partial charge in [0, 0.05) is 11.8 Å². The fourth-order valence-electron chi connectivity index (χ4n) is 1.28. The molecule has 92 valence electrons. The van der Waals surface area contributed by atoms with E-state index in [1.807, 2.05) is 0 Å². The van der Waals surface area contributed by atoms with Crippen molar-refractivity contribution in [2.24, 2.45) is 0 Å². The van der Waals surface area contributed by atoms with E-state index in [9.17, 15) is 8.78 Å². The Bertz CT molecular complexity index is 527. The van der Waals surface area contributed by atoms with Crippen LogP contribution >= 0.6 is 0 Å². The van der Waals surface area contributed by atoms with Crippen LogP contribution in [-0.2, 0) is 0 Å². The Labute approximate surface area is 95.2 Å². The van der Waals surface area contributed by atoms with Gasteiger partial charge in [0.25, 0.3) is 11.9 Å². The third kappa shape index (κ3) is 2.62. The van der Waals surface area contributed by atoms with E-state index in [4.69, 9.17) is 15.3 Å². The Morgan fingerprint density at radius 3 is 2.94 bits per heavy atom. The Kier molecular flexibility index (Phi) is 2.84. The van der Waals surface area contributed by atoms with Crippen molar-refractivity contribution in [3.8, 4) is 0 Å². The highest BCUT2D eigenvalue weighted by molar-refractivity contribution is 5.78. The molecule has 0 saturated heterocycles. The second-order valence-corrected chi connectivity index (χ2v) is 3.61. The van der Waals surface area contributed by atoms with Crippen molar-refractivity contribution in [3.05, 3.63) is 18.2 Å². The molecule has 0 radical (unpaired) electrons. The maximum Gasteiger partial charge on any atom is 0.295 e. The van der Waals surface area contributed by atoms with Crippen molar-refractivity contribution in [1.29, 1.82) is 0 Å². The van der Waals surface area contributed by atoms with Gasteiger partial charge in [0.15, 0.2) is 5.58 Å². The number of nitrogens with two attached hydrogens (primary N) is 1. The molecule has 0 unspecified atom stereocenters. The fraction of sp³-hybridized carbons (Fsp3) is 0.300. The summed E-state index contributed by atoms with van der Waals surface area (Å²) in [4.78, 5) is 3.94. The summed E-state index contributed by atoms with van der Waals surface area (Å²) < 4.78 is 30.7. The molecule has 0 aliphatic carbocycles. The highest BCUT2D eigenvalue weighted by atomic mass is 19.3. The van der Waals surface area contributed by atoms with Gasteiger partial charge in [-0.2, -0.15) is 4.98 Å². The molecule has 4 N–H and O–H groups in total. The molecule has 0 fully saturated rings. The first-order chi connectivity index (χ1) is 8.00. The molecule has 0 saturated carbocycles. The van der Waals surface area contributed by atoms with Crippen molar-refractivity contribution in [2.75, 3.05) is 24.2 Å². The van der Waals surface area contributed by atoms with Gasteiger partial charge in [-0.3, -0.25) is 0 Å². The predicted octanol–water partition coefficient (Wildman–Crippen LogP) is 1.45. The molecule has 1 aromatic carbocycles. The minimum Gasteiger partial charge on any atom is -0.423 e. The minimum absolute atomic E-state index is 0.0290. The van der Waals surface area contributed by atoms with Crippen LogP contribution in [0.1, 0.15) is 0 Å². The van der Waals surface area contributed by atoms with E-state index in [2.05, 4.69) is 10.3 Å². The van der Waals surface area contributed by atoms with E-state index in [-0.39, 0.29) is 6.01 Å². The number of aromatic nitrogens is 1. The molecule has 0 bridgehead atoms. The molecule has 0 amide bonds. The minimum atomic E-state index is -3.21. The Morgan fingerprint density at radius 1 is 1.47 bits per heavy atom. The smallest absolute Gasteiger partial charge is 0.295 e. The summed E-state index contributed by atoms with van der Waals surface area (Å²) in [6, 6.07) is 4.79. The summed E-state index contributed by atoms with van der Waals surface area (Å²) in [7, 11) is 0. The number of nitrogens with one attached hydrogen (secondary N) is 1. The lowest BCUT2D eigenvalue weighted by Gasteiger charge is -2.12. The Morgan fingerprint density at radius 2 is 2.24 bits per heavy atom. The van der Waals surface area contributed by atoms with Gasteiger partial charge >= 0.3 is 0 Å². The quantitative estimate of drug-likeness (QED) is 0.708. The molecule has 1 heterocycles. The molecular formula is C10H11F2N3O2. The summed E-state index contributed by atoms with van der Waals surface area (Å²) in [5.41, 5.74) is 6.98. The average molecular weight is 243 g/mol. The molecule has 0 spiro atoms. The molecule has 1 aromatic heterocycles. The summed E-state index contributed by atoms with van der Waals surface area (Å²) in [5.74, 6) is -3.21. The number of aliphatic hydroxyl groups excluding tert-OH is 1. The fourth-order valence-corrected chi connectivity index (χ4v) is 1.28. The molecular weight excluding hydrogens is 232 g/mol. The largest absolute Gasteiger partial charge is 0.423 e. The van der Waals surface area contributed by atoms with Crippen molar-refractivity contribution < 1.29 is 18.3 Å². The number of anilines is 2. The number of nitrogen functional groups attached to an aromatic ring is 1. The number of hydrogen-bond donors (Lipinski definition) is 3. The first-order valence-electron chi connectivity index (χ1n) is 4.89. The molecule has 0 atom stereocenters. The predicted molar refractivity (Wildman–Crippen MR) is 58.9 cm³/mol.